The summed E-state index contributed by atoms with van der Waals surface area (Å²) in [6, 6.07) is 22.8. The van der Waals surface area contributed by atoms with Crippen molar-refractivity contribution in [3.63, 3.8) is 0 Å². The lowest BCUT2D eigenvalue weighted by Crippen LogP contribution is -2.54. The molecule has 0 bridgehead atoms. The Bertz CT molecular complexity index is 1350. The molecule has 2 atom stereocenters. The molecule has 9 heteroatoms. The normalized spacial score (nSPS) is 13.2. The number of carbonyl (C=O) groups excluding carboxylic acids is 3. The first kappa shape index (κ1) is 28.1. The monoisotopic (exact) mass is 541 g/mol. The van der Waals surface area contributed by atoms with Crippen molar-refractivity contribution in [3.05, 3.63) is 108 Å². The zero-order valence-electron chi connectivity index (χ0n) is 21.8. The maximum absolute atomic E-state index is 13.2. The number of rotatable bonds is 12. The van der Waals surface area contributed by atoms with Gasteiger partial charge in [-0.1, -0.05) is 84.9 Å². The van der Waals surface area contributed by atoms with Crippen LogP contribution < -0.4 is 16.0 Å². The van der Waals surface area contributed by atoms with Crippen LogP contribution in [0.1, 0.15) is 29.0 Å². The molecule has 0 aliphatic heterocycles. The number of aliphatic carboxylic acids is 1. The zero-order valence-corrected chi connectivity index (χ0v) is 21.8. The average molecular weight is 542 g/mol. The summed E-state index contributed by atoms with van der Waals surface area (Å²) in [7, 11) is 0. The Morgan fingerprint density at radius 1 is 0.825 bits per heavy atom. The summed E-state index contributed by atoms with van der Waals surface area (Å²) in [5, 5.41) is 16.5. The van der Waals surface area contributed by atoms with E-state index in [9.17, 15) is 19.2 Å². The smallest absolute Gasteiger partial charge is 0.407 e. The van der Waals surface area contributed by atoms with Gasteiger partial charge < -0.3 is 25.8 Å². The number of hydrogen-bond donors (Lipinski definition) is 4. The average Bonchev–Trinajstić information content (AvgIpc) is 3.28. The molecule has 3 amide bonds. The van der Waals surface area contributed by atoms with E-state index in [4.69, 9.17) is 9.84 Å². The molecule has 0 saturated heterocycles. The minimum absolute atomic E-state index is 0.0799. The van der Waals surface area contributed by atoms with Crippen molar-refractivity contribution in [1.82, 2.24) is 16.0 Å². The van der Waals surface area contributed by atoms with Gasteiger partial charge in [0.05, 0.1) is 0 Å². The first-order valence-corrected chi connectivity index (χ1v) is 12.9. The van der Waals surface area contributed by atoms with Gasteiger partial charge in [0, 0.05) is 12.3 Å². The summed E-state index contributed by atoms with van der Waals surface area (Å²) in [4.78, 5) is 49.6. The Morgan fingerprint density at radius 3 is 2.02 bits per heavy atom. The van der Waals surface area contributed by atoms with Gasteiger partial charge in [0.15, 0.2) is 0 Å². The summed E-state index contributed by atoms with van der Waals surface area (Å²) >= 11 is 0. The Balaban J connectivity index is 1.41. The molecule has 0 aromatic heterocycles. The van der Waals surface area contributed by atoms with Crippen LogP contribution in [0.5, 0.6) is 0 Å². The fraction of sp³-hybridized carbons (Fsp3) is 0.226. The van der Waals surface area contributed by atoms with E-state index in [0.717, 1.165) is 27.8 Å². The van der Waals surface area contributed by atoms with E-state index in [1.807, 2.05) is 54.6 Å². The maximum Gasteiger partial charge on any atom is 0.407 e. The second kappa shape index (κ2) is 13.2. The van der Waals surface area contributed by atoms with Gasteiger partial charge in [0.25, 0.3) is 0 Å². The zero-order chi connectivity index (χ0) is 28.5. The van der Waals surface area contributed by atoms with Crippen LogP contribution in [0.15, 0.2) is 91.5 Å². The van der Waals surface area contributed by atoms with Crippen LogP contribution in [0.3, 0.4) is 0 Å². The standard InChI is InChI=1S/C31H31N3O6/c1-2-10-26(30(38)33-27(29(37)32-18-28(35)36)17-20-11-4-3-5-12-20)34-31(39)40-19-25-23-15-8-6-13-21(23)22-14-7-9-16-24(22)25/h2-9,11-16,25-27H,1,10,17-19H2,(H,32,37)(H,33,38)(H,34,39)(H,35,36)/t26-,27+/m1/s1. The summed E-state index contributed by atoms with van der Waals surface area (Å²) in [6.45, 7) is 3.15. The van der Waals surface area contributed by atoms with Crippen LogP contribution in [0.25, 0.3) is 11.1 Å². The Morgan fingerprint density at radius 2 is 1.43 bits per heavy atom. The molecule has 1 aliphatic rings. The fourth-order valence-corrected chi connectivity index (χ4v) is 4.80. The third-order valence-corrected chi connectivity index (χ3v) is 6.68. The van der Waals surface area contributed by atoms with Gasteiger partial charge >= 0.3 is 12.1 Å². The van der Waals surface area contributed by atoms with Crippen molar-refractivity contribution in [3.8, 4) is 11.1 Å². The van der Waals surface area contributed by atoms with Crippen LogP contribution in [0.2, 0.25) is 0 Å². The Hall–Kier alpha value is -4.92. The van der Waals surface area contributed by atoms with E-state index in [0.29, 0.717) is 0 Å². The van der Waals surface area contributed by atoms with Crippen LogP contribution in [0.4, 0.5) is 4.79 Å². The number of hydrogen-bond acceptors (Lipinski definition) is 5. The van der Waals surface area contributed by atoms with Crippen LogP contribution in [0, 0.1) is 0 Å². The number of ether oxygens (including phenoxy) is 1. The number of alkyl carbamates (subject to hydrolysis) is 1. The van der Waals surface area contributed by atoms with Crippen molar-refractivity contribution >= 4 is 23.9 Å². The number of fused-ring (bicyclic) bond motifs is 3. The number of carbonyl (C=O) groups is 4. The number of nitrogens with one attached hydrogen (secondary N) is 3. The highest BCUT2D eigenvalue weighted by Gasteiger charge is 2.30. The van der Waals surface area contributed by atoms with Gasteiger partial charge in [-0.15, -0.1) is 6.58 Å². The van der Waals surface area contributed by atoms with E-state index in [1.165, 1.54) is 6.08 Å². The molecule has 3 aromatic rings. The third kappa shape index (κ3) is 6.93. The third-order valence-electron chi connectivity index (χ3n) is 6.68. The summed E-state index contributed by atoms with van der Waals surface area (Å²) in [6.07, 6.45) is 0.915. The molecule has 0 unspecified atom stereocenters. The SMILES string of the molecule is C=CC[C@@H](NC(=O)OCC1c2ccccc2-c2ccccc21)C(=O)N[C@@H](Cc1ccccc1)C(=O)NCC(=O)O. The predicted octanol–water partition coefficient (Wildman–Crippen LogP) is 3.40. The van der Waals surface area contributed by atoms with Crippen LogP contribution in [-0.2, 0) is 25.5 Å². The van der Waals surface area contributed by atoms with Gasteiger partial charge in [-0.3, -0.25) is 14.4 Å². The van der Waals surface area contributed by atoms with Gasteiger partial charge in [0.2, 0.25) is 11.8 Å². The molecule has 1 aliphatic carbocycles. The molecule has 40 heavy (non-hydrogen) atoms. The highest BCUT2D eigenvalue weighted by molar-refractivity contribution is 5.92. The number of benzene rings is 3. The predicted molar refractivity (Wildman–Crippen MR) is 150 cm³/mol. The molecule has 0 spiro atoms. The Labute approximate surface area is 232 Å². The fourth-order valence-electron chi connectivity index (χ4n) is 4.80. The first-order chi connectivity index (χ1) is 19.4. The quantitative estimate of drug-likeness (QED) is 0.260. The van der Waals surface area contributed by atoms with E-state index in [1.54, 1.807) is 24.3 Å². The molecular formula is C31H31N3O6. The second-order valence-corrected chi connectivity index (χ2v) is 9.41. The number of carboxylic acid groups (broad SMARTS) is 1. The second-order valence-electron chi connectivity index (χ2n) is 9.41. The summed E-state index contributed by atoms with van der Waals surface area (Å²) < 4.78 is 5.57. The van der Waals surface area contributed by atoms with Crippen molar-refractivity contribution in [2.45, 2.75) is 30.8 Å². The summed E-state index contributed by atoms with van der Waals surface area (Å²) in [5.41, 5.74) is 5.09. The van der Waals surface area contributed by atoms with Gasteiger partial charge in [-0.25, -0.2) is 4.79 Å². The molecule has 0 saturated carbocycles. The lowest BCUT2D eigenvalue weighted by molar-refractivity contribution is -0.138. The molecule has 206 valence electrons. The number of carboxylic acids is 1. The largest absolute Gasteiger partial charge is 0.480 e. The van der Waals surface area contributed by atoms with E-state index >= 15 is 0 Å². The van der Waals surface area contributed by atoms with Gasteiger partial charge in [0.1, 0.15) is 25.2 Å². The number of amides is 3. The van der Waals surface area contributed by atoms with Crippen molar-refractivity contribution in [1.29, 1.82) is 0 Å². The molecule has 0 radical (unpaired) electrons. The highest BCUT2D eigenvalue weighted by atomic mass is 16.5. The van der Waals surface area contributed by atoms with Gasteiger partial charge in [-0.2, -0.15) is 0 Å². The van der Waals surface area contributed by atoms with Crippen molar-refractivity contribution in [2.75, 3.05) is 13.2 Å². The van der Waals surface area contributed by atoms with Crippen LogP contribution in [-0.4, -0.2) is 54.2 Å². The highest BCUT2D eigenvalue weighted by Crippen LogP contribution is 2.44. The maximum atomic E-state index is 13.2. The van der Waals surface area contributed by atoms with E-state index in [2.05, 4.69) is 22.5 Å². The minimum atomic E-state index is -1.21. The molecule has 3 aromatic carbocycles. The first-order valence-electron chi connectivity index (χ1n) is 12.9. The minimum Gasteiger partial charge on any atom is -0.480 e. The van der Waals surface area contributed by atoms with E-state index < -0.39 is 42.5 Å². The molecule has 9 nitrogen and oxygen atoms in total. The molecule has 4 rings (SSSR count). The molecule has 0 heterocycles. The lowest BCUT2D eigenvalue weighted by atomic mass is 9.98. The topological polar surface area (TPSA) is 134 Å². The Kier molecular flexibility index (Phi) is 9.30. The molecular weight excluding hydrogens is 510 g/mol. The lowest BCUT2D eigenvalue weighted by Gasteiger charge is -2.23. The molecule has 0 fully saturated rings. The van der Waals surface area contributed by atoms with Crippen LogP contribution >= 0.6 is 0 Å². The van der Waals surface area contributed by atoms with Crippen molar-refractivity contribution < 1.29 is 29.0 Å². The van der Waals surface area contributed by atoms with E-state index in [-0.39, 0.29) is 25.4 Å². The molecule has 4 N–H and O–H groups in total. The summed E-state index contributed by atoms with van der Waals surface area (Å²) in [5.74, 6) is -2.63. The van der Waals surface area contributed by atoms with Gasteiger partial charge in [-0.05, 0) is 34.2 Å². The van der Waals surface area contributed by atoms with Crippen molar-refractivity contribution in [2.24, 2.45) is 0 Å².